The van der Waals surface area contributed by atoms with Crippen LogP contribution in [0.5, 0.6) is 0 Å². The molecule has 0 aliphatic carbocycles. The Labute approximate surface area is 88.7 Å². The van der Waals surface area contributed by atoms with Gasteiger partial charge < -0.3 is 0 Å². The van der Waals surface area contributed by atoms with Crippen molar-refractivity contribution in [1.82, 2.24) is 0 Å². The van der Waals surface area contributed by atoms with Gasteiger partial charge in [0.15, 0.2) is 0 Å². The monoisotopic (exact) mass is 287 g/mol. The van der Waals surface area contributed by atoms with Gasteiger partial charge in [-0.05, 0) is 5.56 Å². The molecule has 0 aliphatic heterocycles. The summed E-state index contributed by atoms with van der Waals surface area (Å²) in [5.74, 6) is 0. The summed E-state index contributed by atoms with van der Waals surface area (Å²) in [6.45, 7) is 0. The topological polar surface area (TPSA) is 23.8 Å². The molecule has 0 unspecified atom stereocenters. The number of nitriles is 1. The van der Waals surface area contributed by atoms with Crippen LogP contribution in [0, 0.1) is 11.3 Å². The van der Waals surface area contributed by atoms with Gasteiger partial charge in [0.05, 0.1) is 10.9 Å². The van der Waals surface area contributed by atoms with Gasteiger partial charge in [0.1, 0.15) is 4.83 Å². The van der Waals surface area contributed by atoms with E-state index in [1.54, 1.807) is 0 Å². The van der Waals surface area contributed by atoms with Crippen molar-refractivity contribution in [2.24, 2.45) is 0 Å². The van der Waals surface area contributed by atoms with Gasteiger partial charge in [0, 0.05) is 0 Å². The van der Waals surface area contributed by atoms with Crippen LogP contribution < -0.4 is 0 Å². The standard InChI is InChI=1S/C9H7Br2N/c10-8(6-12)9(11)7-4-2-1-3-5-7/h1-5,8-9H/t8-,9-/m1/s1. The summed E-state index contributed by atoms with van der Waals surface area (Å²) in [6.07, 6.45) is 0. The first kappa shape index (κ1) is 9.76. The zero-order chi connectivity index (χ0) is 8.97. The Morgan fingerprint density at radius 1 is 1.17 bits per heavy atom. The number of hydrogen-bond donors (Lipinski definition) is 0. The van der Waals surface area contributed by atoms with Crippen molar-refractivity contribution in [1.29, 1.82) is 5.26 Å². The normalized spacial score (nSPS) is 14.8. The second kappa shape index (κ2) is 4.64. The van der Waals surface area contributed by atoms with Crippen LogP contribution in [0.1, 0.15) is 10.4 Å². The molecule has 1 aromatic carbocycles. The number of rotatable bonds is 2. The Balaban J connectivity index is 2.80. The lowest BCUT2D eigenvalue weighted by molar-refractivity contribution is 1.03. The highest BCUT2D eigenvalue weighted by molar-refractivity contribution is 9.12. The summed E-state index contributed by atoms with van der Waals surface area (Å²) in [4.78, 5) is -0.122. The van der Waals surface area contributed by atoms with Crippen molar-refractivity contribution >= 4 is 31.9 Å². The van der Waals surface area contributed by atoms with Crippen molar-refractivity contribution < 1.29 is 0 Å². The van der Waals surface area contributed by atoms with E-state index in [-0.39, 0.29) is 9.65 Å². The van der Waals surface area contributed by atoms with Crippen LogP contribution in [0.4, 0.5) is 0 Å². The molecular formula is C9H7Br2N. The van der Waals surface area contributed by atoms with E-state index in [1.165, 1.54) is 0 Å². The van der Waals surface area contributed by atoms with Gasteiger partial charge in [-0.3, -0.25) is 0 Å². The third kappa shape index (κ3) is 2.33. The van der Waals surface area contributed by atoms with Gasteiger partial charge >= 0.3 is 0 Å². The SMILES string of the molecule is N#C[C@@H](Br)[C@H](Br)c1ccccc1. The van der Waals surface area contributed by atoms with Crippen LogP contribution in [0.2, 0.25) is 0 Å². The highest BCUT2D eigenvalue weighted by atomic mass is 79.9. The molecule has 0 amide bonds. The highest BCUT2D eigenvalue weighted by Gasteiger charge is 2.15. The van der Waals surface area contributed by atoms with Gasteiger partial charge in [-0.2, -0.15) is 5.26 Å². The molecule has 0 radical (unpaired) electrons. The molecular weight excluding hydrogens is 282 g/mol. The molecule has 1 nitrogen and oxygen atoms in total. The van der Waals surface area contributed by atoms with Gasteiger partial charge in [-0.15, -0.1) is 0 Å². The van der Waals surface area contributed by atoms with E-state index in [9.17, 15) is 0 Å². The zero-order valence-electron chi connectivity index (χ0n) is 6.24. The van der Waals surface area contributed by atoms with E-state index < -0.39 is 0 Å². The number of nitrogens with zero attached hydrogens (tertiary/aromatic N) is 1. The molecule has 3 heteroatoms. The molecule has 62 valence electrons. The largest absolute Gasteiger partial charge is 0.197 e. The average Bonchev–Trinajstić information content (AvgIpc) is 2.17. The van der Waals surface area contributed by atoms with Crippen molar-refractivity contribution in [3.05, 3.63) is 35.9 Å². The number of halogens is 2. The van der Waals surface area contributed by atoms with Crippen LogP contribution in [-0.2, 0) is 0 Å². The van der Waals surface area contributed by atoms with E-state index in [1.807, 2.05) is 30.3 Å². The van der Waals surface area contributed by atoms with Crippen molar-refractivity contribution in [2.45, 2.75) is 9.65 Å². The Hall–Kier alpha value is -0.330. The average molecular weight is 289 g/mol. The fourth-order valence-electron chi connectivity index (χ4n) is 0.871. The summed E-state index contributed by atoms with van der Waals surface area (Å²) in [6, 6.07) is 12.0. The van der Waals surface area contributed by atoms with E-state index in [2.05, 4.69) is 37.9 Å². The fraction of sp³-hybridized carbons (Fsp3) is 0.222. The Morgan fingerprint density at radius 2 is 1.75 bits per heavy atom. The maximum absolute atomic E-state index is 8.64. The molecule has 0 aromatic heterocycles. The van der Waals surface area contributed by atoms with Crippen LogP contribution in [0.25, 0.3) is 0 Å². The molecule has 0 heterocycles. The third-order valence-electron chi connectivity index (χ3n) is 1.50. The number of hydrogen-bond acceptors (Lipinski definition) is 1. The summed E-state index contributed by atoms with van der Waals surface area (Å²) in [5, 5.41) is 8.64. The Bertz CT molecular complexity index is 278. The minimum atomic E-state index is -0.181. The summed E-state index contributed by atoms with van der Waals surface area (Å²) >= 11 is 6.71. The third-order valence-corrected chi connectivity index (χ3v) is 4.00. The smallest absolute Gasteiger partial charge is 0.118 e. The molecule has 0 fully saturated rings. The lowest BCUT2D eigenvalue weighted by Gasteiger charge is -2.09. The van der Waals surface area contributed by atoms with Crippen molar-refractivity contribution in [3.63, 3.8) is 0 Å². The Kier molecular flexibility index (Phi) is 3.77. The number of alkyl halides is 2. The predicted octanol–water partition coefficient (Wildman–Crippen LogP) is 3.41. The van der Waals surface area contributed by atoms with E-state index in [4.69, 9.17) is 5.26 Å². The molecule has 1 rings (SSSR count). The molecule has 12 heavy (non-hydrogen) atoms. The van der Waals surface area contributed by atoms with Gasteiger partial charge in [0.2, 0.25) is 0 Å². The molecule has 0 spiro atoms. The highest BCUT2D eigenvalue weighted by Crippen LogP contribution is 2.30. The van der Waals surface area contributed by atoms with Crippen LogP contribution in [0.3, 0.4) is 0 Å². The maximum Gasteiger partial charge on any atom is 0.118 e. The minimum Gasteiger partial charge on any atom is -0.197 e. The summed E-state index contributed by atoms with van der Waals surface area (Å²) in [5.41, 5.74) is 1.11. The second-order valence-electron chi connectivity index (χ2n) is 2.34. The predicted molar refractivity (Wildman–Crippen MR) is 56.4 cm³/mol. The molecule has 0 aliphatic rings. The lowest BCUT2D eigenvalue weighted by Crippen LogP contribution is -2.02. The van der Waals surface area contributed by atoms with Crippen LogP contribution in [0.15, 0.2) is 30.3 Å². The molecule has 0 bridgehead atoms. The van der Waals surface area contributed by atoms with Crippen molar-refractivity contribution in [2.75, 3.05) is 0 Å². The van der Waals surface area contributed by atoms with E-state index >= 15 is 0 Å². The first-order valence-corrected chi connectivity index (χ1v) is 5.31. The zero-order valence-corrected chi connectivity index (χ0v) is 9.42. The summed E-state index contributed by atoms with van der Waals surface area (Å²) in [7, 11) is 0. The number of benzene rings is 1. The van der Waals surface area contributed by atoms with E-state index in [0.29, 0.717) is 0 Å². The quantitative estimate of drug-likeness (QED) is 0.765. The second-order valence-corrected chi connectivity index (χ2v) is 4.32. The van der Waals surface area contributed by atoms with Crippen LogP contribution in [-0.4, -0.2) is 4.83 Å². The maximum atomic E-state index is 8.64. The molecule has 0 saturated carbocycles. The molecule has 0 N–H and O–H groups in total. The van der Waals surface area contributed by atoms with Crippen molar-refractivity contribution in [3.8, 4) is 6.07 Å². The molecule has 1 aromatic rings. The van der Waals surface area contributed by atoms with Gasteiger partial charge in [0.25, 0.3) is 0 Å². The fourth-order valence-corrected chi connectivity index (χ4v) is 1.60. The molecule has 0 saturated heterocycles. The van der Waals surface area contributed by atoms with E-state index in [0.717, 1.165) is 5.56 Å². The summed E-state index contributed by atoms with van der Waals surface area (Å²) < 4.78 is 0. The lowest BCUT2D eigenvalue weighted by atomic mass is 10.1. The first-order chi connectivity index (χ1) is 5.75. The first-order valence-electron chi connectivity index (χ1n) is 3.48. The van der Waals surface area contributed by atoms with Gasteiger partial charge in [-0.1, -0.05) is 62.2 Å². The van der Waals surface area contributed by atoms with Gasteiger partial charge in [-0.25, -0.2) is 0 Å². The Morgan fingerprint density at radius 3 is 2.25 bits per heavy atom. The minimum absolute atomic E-state index is 0.0590. The molecule has 2 atom stereocenters. The van der Waals surface area contributed by atoms with Crippen LogP contribution >= 0.6 is 31.9 Å².